The van der Waals surface area contributed by atoms with Crippen LogP contribution in [0.25, 0.3) is 0 Å². The quantitative estimate of drug-likeness (QED) is 0.419. The van der Waals surface area contributed by atoms with Crippen molar-refractivity contribution in [2.45, 2.75) is 38.9 Å². The molecule has 2 N–H and O–H groups in total. The molecule has 0 bridgehead atoms. The van der Waals surface area contributed by atoms with Gasteiger partial charge in [0.1, 0.15) is 5.76 Å². The van der Waals surface area contributed by atoms with E-state index in [0.29, 0.717) is 5.76 Å². The minimum absolute atomic E-state index is 0.190. The van der Waals surface area contributed by atoms with Crippen LogP contribution in [0.1, 0.15) is 33.1 Å². The number of carbonyl (C=O) groups is 1. The number of hydrogen-bond acceptors (Lipinski definition) is 4. The van der Waals surface area contributed by atoms with Crippen molar-refractivity contribution in [1.82, 2.24) is 0 Å². The first-order chi connectivity index (χ1) is 6.88. The lowest BCUT2D eigenvalue weighted by molar-refractivity contribution is -0.136. The van der Waals surface area contributed by atoms with E-state index in [0.717, 1.165) is 25.3 Å². The Morgan fingerprint density at radius 1 is 1.60 bits per heavy atom. The van der Waals surface area contributed by atoms with Crippen LogP contribution in [0.5, 0.6) is 0 Å². The maximum absolute atomic E-state index is 11.4. The minimum Gasteiger partial charge on any atom is -0.428 e. The van der Waals surface area contributed by atoms with E-state index >= 15 is 0 Å². The van der Waals surface area contributed by atoms with E-state index in [1.54, 1.807) is 0 Å². The second-order valence-electron chi connectivity index (χ2n) is 3.87. The molecule has 4 heteroatoms. The van der Waals surface area contributed by atoms with Gasteiger partial charge >= 0.3 is 5.97 Å². The maximum atomic E-state index is 11.4. The van der Waals surface area contributed by atoms with Gasteiger partial charge in [-0.2, -0.15) is 0 Å². The SMILES string of the molecule is C/C(=C\C(C)(O)O)C(=O)OC1=CCCC1. The molecule has 0 atom stereocenters. The van der Waals surface area contributed by atoms with Crippen LogP contribution in [0.15, 0.2) is 23.5 Å². The lowest BCUT2D eigenvalue weighted by Gasteiger charge is -2.11. The summed E-state index contributed by atoms with van der Waals surface area (Å²) in [6.45, 7) is 2.67. The molecule has 0 radical (unpaired) electrons. The van der Waals surface area contributed by atoms with Crippen LogP contribution in [0.4, 0.5) is 0 Å². The Hall–Kier alpha value is -1.13. The molecule has 1 rings (SSSR count). The number of aliphatic hydroxyl groups is 2. The topological polar surface area (TPSA) is 66.8 Å². The van der Waals surface area contributed by atoms with E-state index < -0.39 is 11.8 Å². The van der Waals surface area contributed by atoms with Crippen LogP contribution in [-0.4, -0.2) is 22.0 Å². The van der Waals surface area contributed by atoms with E-state index in [9.17, 15) is 4.79 Å². The fourth-order valence-electron chi connectivity index (χ4n) is 1.40. The number of ether oxygens (including phenoxy) is 1. The van der Waals surface area contributed by atoms with Gasteiger partial charge in [-0.25, -0.2) is 4.79 Å². The van der Waals surface area contributed by atoms with Crippen LogP contribution in [0.2, 0.25) is 0 Å². The molecule has 0 fully saturated rings. The number of rotatable bonds is 3. The fraction of sp³-hybridized carbons (Fsp3) is 0.545. The van der Waals surface area contributed by atoms with Crippen LogP contribution in [-0.2, 0) is 9.53 Å². The molecule has 0 heterocycles. The predicted octanol–water partition coefficient (Wildman–Crippen LogP) is 1.24. The molecule has 0 saturated heterocycles. The summed E-state index contributed by atoms with van der Waals surface area (Å²) >= 11 is 0. The van der Waals surface area contributed by atoms with Gasteiger partial charge in [-0.15, -0.1) is 0 Å². The second-order valence-corrected chi connectivity index (χ2v) is 3.87. The molecule has 0 saturated carbocycles. The third-order valence-corrected chi connectivity index (χ3v) is 2.04. The smallest absolute Gasteiger partial charge is 0.338 e. The molecule has 15 heavy (non-hydrogen) atoms. The van der Waals surface area contributed by atoms with E-state index in [4.69, 9.17) is 14.9 Å². The Morgan fingerprint density at radius 2 is 2.27 bits per heavy atom. The summed E-state index contributed by atoms with van der Waals surface area (Å²) in [6, 6.07) is 0. The normalized spacial score (nSPS) is 17.6. The fourth-order valence-corrected chi connectivity index (χ4v) is 1.40. The molecule has 0 aromatic carbocycles. The molecule has 1 aliphatic carbocycles. The van der Waals surface area contributed by atoms with Crippen molar-refractivity contribution in [2.75, 3.05) is 0 Å². The lowest BCUT2D eigenvalue weighted by Crippen LogP contribution is -2.21. The van der Waals surface area contributed by atoms with Crippen LogP contribution >= 0.6 is 0 Å². The summed E-state index contributed by atoms with van der Waals surface area (Å²) in [7, 11) is 0. The highest BCUT2D eigenvalue weighted by Gasteiger charge is 2.17. The van der Waals surface area contributed by atoms with Gasteiger partial charge in [-0.3, -0.25) is 0 Å². The van der Waals surface area contributed by atoms with E-state index in [1.165, 1.54) is 13.8 Å². The zero-order valence-corrected chi connectivity index (χ0v) is 8.99. The second kappa shape index (κ2) is 4.59. The van der Waals surface area contributed by atoms with Crippen LogP contribution < -0.4 is 0 Å². The van der Waals surface area contributed by atoms with Gasteiger partial charge in [0.15, 0.2) is 5.79 Å². The van der Waals surface area contributed by atoms with Crippen LogP contribution in [0.3, 0.4) is 0 Å². The van der Waals surface area contributed by atoms with E-state index in [-0.39, 0.29) is 5.57 Å². The van der Waals surface area contributed by atoms with Gasteiger partial charge in [0, 0.05) is 12.0 Å². The first-order valence-corrected chi connectivity index (χ1v) is 4.94. The molecule has 84 valence electrons. The zero-order chi connectivity index (χ0) is 11.5. The summed E-state index contributed by atoms with van der Waals surface area (Å²) in [6.07, 6.45) is 5.65. The number of hydrogen-bond donors (Lipinski definition) is 2. The van der Waals surface area contributed by atoms with Crippen molar-refractivity contribution in [2.24, 2.45) is 0 Å². The average molecular weight is 212 g/mol. The van der Waals surface area contributed by atoms with E-state index in [1.807, 2.05) is 6.08 Å². The van der Waals surface area contributed by atoms with Gasteiger partial charge in [-0.1, -0.05) is 0 Å². The standard InChI is InChI=1S/C11H16O4/c1-8(7-11(2,13)14)10(12)15-9-5-3-4-6-9/h5,7,13-14H,3-4,6H2,1-2H3/b8-7+. The maximum Gasteiger partial charge on any atom is 0.338 e. The molecular weight excluding hydrogens is 196 g/mol. The highest BCUT2D eigenvalue weighted by molar-refractivity contribution is 5.88. The minimum atomic E-state index is -1.98. The molecule has 0 spiro atoms. The Kier molecular flexibility index (Phi) is 3.66. The van der Waals surface area contributed by atoms with Crippen molar-refractivity contribution in [1.29, 1.82) is 0 Å². The van der Waals surface area contributed by atoms with Gasteiger partial charge in [0.2, 0.25) is 0 Å². The van der Waals surface area contributed by atoms with Crippen molar-refractivity contribution in [3.8, 4) is 0 Å². The average Bonchev–Trinajstić information content (AvgIpc) is 2.53. The molecule has 0 amide bonds. The molecular formula is C11H16O4. The summed E-state index contributed by atoms with van der Waals surface area (Å²) in [5.41, 5.74) is 0.190. The lowest BCUT2D eigenvalue weighted by atomic mass is 10.2. The molecule has 1 aliphatic rings. The Bertz CT molecular complexity index is 307. The van der Waals surface area contributed by atoms with Crippen molar-refractivity contribution in [3.05, 3.63) is 23.5 Å². The van der Waals surface area contributed by atoms with Gasteiger partial charge in [0.05, 0.1) is 0 Å². The highest BCUT2D eigenvalue weighted by atomic mass is 16.5. The monoisotopic (exact) mass is 212 g/mol. The molecule has 0 aromatic heterocycles. The number of carbonyl (C=O) groups excluding carboxylic acids is 1. The first kappa shape index (κ1) is 11.9. The van der Waals surface area contributed by atoms with Crippen molar-refractivity contribution in [3.63, 3.8) is 0 Å². The Balaban J connectivity index is 2.57. The first-order valence-electron chi connectivity index (χ1n) is 4.94. The molecule has 0 aliphatic heterocycles. The Morgan fingerprint density at radius 3 is 2.73 bits per heavy atom. The Labute approximate surface area is 88.9 Å². The summed E-state index contributed by atoms with van der Waals surface area (Å²) < 4.78 is 5.05. The summed E-state index contributed by atoms with van der Waals surface area (Å²) in [5.74, 6) is -1.84. The third-order valence-electron chi connectivity index (χ3n) is 2.04. The van der Waals surface area contributed by atoms with Gasteiger partial charge in [-0.05, 0) is 38.8 Å². The molecule has 0 aromatic rings. The van der Waals surface area contributed by atoms with Gasteiger partial charge in [0.25, 0.3) is 0 Å². The molecule has 0 unspecified atom stereocenters. The highest BCUT2D eigenvalue weighted by Crippen LogP contribution is 2.20. The number of allylic oxidation sites excluding steroid dienone is 2. The van der Waals surface area contributed by atoms with Crippen molar-refractivity contribution >= 4 is 5.97 Å². The molecule has 4 nitrogen and oxygen atoms in total. The predicted molar refractivity (Wildman–Crippen MR) is 54.6 cm³/mol. The largest absolute Gasteiger partial charge is 0.428 e. The zero-order valence-electron chi connectivity index (χ0n) is 8.99. The third kappa shape index (κ3) is 4.27. The van der Waals surface area contributed by atoms with E-state index in [2.05, 4.69) is 0 Å². The van der Waals surface area contributed by atoms with Gasteiger partial charge < -0.3 is 14.9 Å². The van der Waals surface area contributed by atoms with Crippen molar-refractivity contribution < 1.29 is 19.7 Å². The number of esters is 1. The summed E-state index contributed by atoms with van der Waals surface area (Å²) in [4.78, 5) is 11.4. The summed E-state index contributed by atoms with van der Waals surface area (Å²) in [5, 5.41) is 18.1. The van der Waals surface area contributed by atoms with Crippen LogP contribution in [0, 0.1) is 0 Å².